The fourth-order valence-electron chi connectivity index (χ4n) is 1.79. The Labute approximate surface area is 116 Å². The van der Waals surface area contributed by atoms with Gasteiger partial charge < -0.3 is 10.6 Å². The Morgan fingerprint density at radius 2 is 2.21 bits per heavy atom. The number of rotatable bonds is 5. The van der Waals surface area contributed by atoms with Gasteiger partial charge in [0.05, 0.1) is 6.54 Å². The van der Waals surface area contributed by atoms with Crippen LogP contribution in [0.5, 0.6) is 0 Å². The van der Waals surface area contributed by atoms with E-state index in [1.165, 1.54) is 11.1 Å². The zero-order valence-corrected chi connectivity index (χ0v) is 12.0. The fourth-order valence-corrected chi connectivity index (χ4v) is 1.79. The molecule has 1 aromatic carbocycles. The highest BCUT2D eigenvalue weighted by Crippen LogP contribution is 2.16. The normalized spacial score (nSPS) is 12.6. The molecule has 3 heteroatoms. The second-order valence-corrected chi connectivity index (χ2v) is 4.59. The summed E-state index contributed by atoms with van der Waals surface area (Å²) >= 11 is 0. The van der Waals surface area contributed by atoms with Crippen molar-refractivity contribution in [2.24, 2.45) is 4.99 Å². The smallest absolute Gasteiger partial charge is 0.192 e. The molecule has 1 aromatic rings. The van der Waals surface area contributed by atoms with Crippen molar-refractivity contribution in [3.05, 3.63) is 35.4 Å². The molecule has 0 saturated carbocycles. The molecule has 0 spiro atoms. The first-order chi connectivity index (χ1) is 9.17. The number of terminal acetylenes is 1. The molecule has 102 valence electrons. The molecule has 2 N–H and O–H groups in total. The number of hydrogen-bond acceptors (Lipinski definition) is 1. The van der Waals surface area contributed by atoms with Crippen LogP contribution in [0.3, 0.4) is 0 Å². The molecule has 19 heavy (non-hydrogen) atoms. The van der Waals surface area contributed by atoms with Gasteiger partial charge in [-0.2, -0.15) is 0 Å². The van der Waals surface area contributed by atoms with Crippen molar-refractivity contribution in [1.82, 2.24) is 10.6 Å². The number of hydrogen-bond donors (Lipinski definition) is 2. The molecule has 0 aliphatic rings. The van der Waals surface area contributed by atoms with Gasteiger partial charge in [-0.25, -0.2) is 0 Å². The predicted molar refractivity (Wildman–Crippen MR) is 82.4 cm³/mol. The summed E-state index contributed by atoms with van der Waals surface area (Å²) in [6.45, 7) is 8.39. The topological polar surface area (TPSA) is 36.4 Å². The van der Waals surface area contributed by atoms with E-state index in [1.807, 2.05) is 6.92 Å². The molecule has 1 rings (SSSR count). The van der Waals surface area contributed by atoms with Crippen LogP contribution in [0.15, 0.2) is 29.3 Å². The Kier molecular flexibility index (Phi) is 6.52. The summed E-state index contributed by atoms with van der Waals surface area (Å²) in [5.41, 5.74) is 2.60. The lowest BCUT2D eigenvalue weighted by atomic mass is 10.00. The molecule has 0 amide bonds. The third-order valence-electron chi connectivity index (χ3n) is 2.84. The predicted octanol–water partition coefficient (Wildman–Crippen LogP) is 2.29. The largest absolute Gasteiger partial charge is 0.357 e. The van der Waals surface area contributed by atoms with Crippen LogP contribution in [0.4, 0.5) is 0 Å². The van der Waals surface area contributed by atoms with Crippen molar-refractivity contribution >= 4 is 5.96 Å². The standard InChI is InChI=1S/C16H23N3/c1-5-10-18-16(17-6-2)19-12-14(4)15-9-7-8-13(3)11-15/h1,7-9,11,14H,6,10,12H2,2-4H3,(H2,17,18,19). The van der Waals surface area contributed by atoms with Gasteiger partial charge in [-0.05, 0) is 19.4 Å². The van der Waals surface area contributed by atoms with Gasteiger partial charge in [0, 0.05) is 19.0 Å². The number of benzene rings is 1. The van der Waals surface area contributed by atoms with Crippen LogP contribution in [0.2, 0.25) is 0 Å². The summed E-state index contributed by atoms with van der Waals surface area (Å²) < 4.78 is 0. The number of nitrogens with zero attached hydrogens (tertiary/aromatic N) is 1. The SMILES string of the molecule is C#CCNC(=NCC(C)c1cccc(C)c1)NCC. The third kappa shape index (κ3) is 5.48. The summed E-state index contributed by atoms with van der Waals surface area (Å²) in [5.74, 6) is 3.72. The minimum Gasteiger partial charge on any atom is -0.357 e. The zero-order chi connectivity index (χ0) is 14.1. The van der Waals surface area contributed by atoms with E-state index < -0.39 is 0 Å². The molecule has 1 unspecified atom stereocenters. The van der Waals surface area contributed by atoms with E-state index >= 15 is 0 Å². The lowest BCUT2D eigenvalue weighted by Crippen LogP contribution is -2.37. The van der Waals surface area contributed by atoms with Gasteiger partial charge in [0.2, 0.25) is 0 Å². The maximum absolute atomic E-state index is 5.24. The molecule has 0 saturated heterocycles. The van der Waals surface area contributed by atoms with Gasteiger partial charge in [0.15, 0.2) is 5.96 Å². The van der Waals surface area contributed by atoms with Crippen LogP contribution in [0, 0.1) is 19.3 Å². The summed E-state index contributed by atoms with van der Waals surface area (Å²) in [4.78, 5) is 4.56. The van der Waals surface area contributed by atoms with E-state index in [2.05, 4.69) is 59.7 Å². The average molecular weight is 257 g/mol. The van der Waals surface area contributed by atoms with Crippen LogP contribution in [-0.4, -0.2) is 25.6 Å². The first-order valence-corrected chi connectivity index (χ1v) is 6.69. The Hall–Kier alpha value is -1.95. The molecule has 0 bridgehead atoms. The molecule has 0 fully saturated rings. The molecular weight excluding hydrogens is 234 g/mol. The molecular formula is C16H23N3. The van der Waals surface area contributed by atoms with Crippen molar-refractivity contribution in [1.29, 1.82) is 0 Å². The van der Waals surface area contributed by atoms with E-state index in [9.17, 15) is 0 Å². The number of aliphatic imine (C=N–C) groups is 1. The fraction of sp³-hybridized carbons (Fsp3) is 0.438. The van der Waals surface area contributed by atoms with Gasteiger partial charge in [-0.1, -0.05) is 42.7 Å². The van der Waals surface area contributed by atoms with Crippen LogP contribution in [0.25, 0.3) is 0 Å². The Morgan fingerprint density at radius 1 is 1.42 bits per heavy atom. The molecule has 0 aliphatic carbocycles. The van der Waals surface area contributed by atoms with Gasteiger partial charge in [0.1, 0.15) is 0 Å². The Bertz CT molecular complexity index is 457. The number of aryl methyl sites for hydroxylation is 1. The Balaban J connectivity index is 2.63. The summed E-state index contributed by atoms with van der Waals surface area (Å²) in [6, 6.07) is 8.56. The minimum absolute atomic E-state index is 0.390. The van der Waals surface area contributed by atoms with Crippen molar-refractivity contribution in [3.8, 4) is 12.3 Å². The maximum Gasteiger partial charge on any atom is 0.192 e. The summed E-state index contributed by atoms with van der Waals surface area (Å²) in [6.07, 6.45) is 5.24. The average Bonchev–Trinajstić information content (AvgIpc) is 2.41. The highest BCUT2D eigenvalue weighted by atomic mass is 15.2. The van der Waals surface area contributed by atoms with Crippen molar-refractivity contribution in [3.63, 3.8) is 0 Å². The first kappa shape index (κ1) is 15.1. The zero-order valence-electron chi connectivity index (χ0n) is 12.0. The monoisotopic (exact) mass is 257 g/mol. The lowest BCUT2D eigenvalue weighted by molar-refractivity contribution is 0.757. The minimum atomic E-state index is 0.390. The number of guanidine groups is 1. The third-order valence-corrected chi connectivity index (χ3v) is 2.84. The van der Waals surface area contributed by atoms with E-state index in [0.29, 0.717) is 12.5 Å². The van der Waals surface area contributed by atoms with E-state index in [1.54, 1.807) is 0 Å². The van der Waals surface area contributed by atoms with Gasteiger partial charge in [0.25, 0.3) is 0 Å². The molecule has 1 atom stereocenters. The molecule has 0 heterocycles. The summed E-state index contributed by atoms with van der Waals surface area (Å²) in [7, 11) is 0. The molecule has 0 aromatic heterocycles. The van der Waals surface area contributed by atoms with E-state index in [-0.39, 0.29) is 0 Å². The van der Waals surface area contributed by atoms with Crippen LogP contribution in [0.1, 0.15) is 30.9 Å². The first-order valence-electron chi connectivity index (χ1n) is 6.69. The molecule has 0 radical (unpaired) electrons. The van der Waals surface area contributed by atoms with Gasteiger partial charge in [-0.3, -0.25) is 4.99 Å². The summed E-state index contributed by atoms with van der Waals surface area (Å²) in [5, 5.41) is 6.27. The molecule has 0 aliphatic heterocycles. The quantitative estimate of drug-likeness (QED) is 0.482. The highest BCUT2D eigenvalue weighted by molar-refractivity contribution is 5.80. The van der Waals surface area contributed by atoms with Crippen molar-refractivity contribution in [2.75, 3.05) is 19.6 Å². The van der Waals surface area contributed by atoms with Crippen molar-refractivity contribution in [2.45, 2.75) is 26.7 Å². The number of nitrogens with one attached hydrogen (secondary N) is 2. The second kappa shape index (κ2) is 8.20. The second-order valence-electron chi connectivity index (χ2n) is 4.59. The lowest BCUT2D eigenvalue weighted by Gasteiger charge is -2.13. The van der Waals surface area contributed by atoms with Crippen LogP contribution < -0.4 is 10.6 Å². The van der Waals surface area contributed by atoms with E-state index in [0.717, 1.165) is 19.0 Å². The van der Waals surface area contributed by atoms with Gasteiger partial charge in [-0.15, -0.1) is 6.42 Å². The maximum atomic E-state index is 5.24. The van der Waals surface area contributed by atoms with Crippen LogP contribution >= 0.6 is 0 Å². The van der Waals surface area contributed by atoms with Gasteiger partial charge >= 0.3 is 0 Å². The molecule has 3 nitrogen and oxygen atoms in total. The van der Waals surface area contributed by atoms with E-state index in [4.69, 9.17) is 6.42 Å². The van der Waals surface area contributed by atoms with Crippen LogP contribution in [-0.2, 0) is 0 Å². The Morgan fingerprint density at radius 3 is 2.84 bits per heavy atom. The van der Waals surface area contributed by atoms with Crippen molar-refractivity contribution < 1.29 is 0 Å². The highest BCUT2D eigenvalue weighted by Gasteiger charge is 2.05.